The lowest BCUT2D eigenvalue weighted by Gasteiger charge is -2.25. The summed E-state index contributed by atoms with van der Waals surface area (Å²) in [7, 11) is 0. The van der Waals surface area contributed by atoms with Crippen molar-refractivity contribution >= 4 is 17.6 Å². The van der Waals surface area contributed by atoms with Crippen molar-refractivity contribution in [2.24, 2.45) is 0 Å². The number of hydrogen-bond acceptors (Lipinski definition) is 3. The number of nitrogens with one attached hydrogen (secondary N) is 1. The zero-order chi connectivity index (χ0) is 14.6. The van der Waals surface area contributed by atoms with Crippen LogP contribution >= 0.6 is 0 Å². The van der Waals surface area contributed by atoms with Crippen LogP contribution in [0.15, 0.2) is 18.2 Å². The lowest BCUT2D eigenvalue weighted by molar-refractivity contribution is -0.144. The summed E-state index contributed by atoms with van der Waals surface area (Å²) in [5.74, 6) is -2.70. The van der Waals surface area contributed by atoms with Gasteiger partial charge in [-0.05, 0) is 31.5 Å². The van der Waals surface area contributed by atoms with E-state index in [9.17, 15) is 14.0 Å². The van der Waals surface area contributed by atoms with Crippen LogP contribution in [-0.2, 0) is 4.79 Å². The van der Waals surface area contributed by atoms with Crippen LogP contribution in [0.3, 0.4) is 0 Å². The number of nitrogen functional groups attached to an aromatic ring is 1. The summed E-state index contributed by atoms with van der Waals surface area (Å²) in [6.45, 7) is 3.20. The molecule has 104 valence electrons. The zero-order valence-corrected chi connectivity index (χ0v) is 10.9. The standard InChI is InChI=1S/C13H17FN2O3/c1-3-6-13(2,12(18)19)16-11(17)9-5-4-8(15)7-10(9)14/h4-5,7H,3,6,15H2,1-2H3,(H,16,17)(H,18,19). The normalized spacial score (nSPS) is 13.6. The quantitative estimate of drug-likeness (QED) is 0.710. The predicted molar refractivity (Wildman–Crippen MR) is 69.2 cm³/mol. The van der Waals surface area contributed by atoms with Gasteiger partial charge in [0.2, 0.25) is 0 Å². The molecule has 19 heavy (non-hydrogen) atoms. The third kappa shape index (κ3) is 3.43. The first-order valence-corrected chi connectivity index (χ1v) is 5.91. The van der Waals surface area contributed by atoms with Crippen molar-refractivity contribution in [1.29, 1.82) is 0 Å². The lowest BCUT2D eigenvalue weighted by Crippen LogP contribution is -2.52. The van der Waals surface area contributed by atoms with Gasteiger partial charge in [0.1, 0.15) is 11.4 Å². The number of hydrogen-bond donors (Lipinski definition) is 3. The molecule has 0 heterocycles. The van der Waals surface area contributed by atoms with Crippen molar-refractivity contribution in [3.63, 3.8) is 0 Å². The van der Waals surface area contributed by atoms with Crippen molar-refractivity contribution in [3.8, 4) is 0 Å². The maximum atomic E-state index is 13.6. The molecule has 1 amide bonds. The highest BCUT2D eigenvalue weighted by molar-refractivity contribution is 5.98. The maximum Gasteiger partial charge on any atom is 0.329 e. The first kappa shape index (κ1) is 14.9. The maximum absolute atomic E-state index is 13.6. The molecule has 0 bridgehead atoms. The minimum Gasteiger partial charge on any atom is -0.480 e. The van der Waals surface area contributed by atoms with Crippen LogP contribution in [0.2, 0.25) is 0 Å². The van der Waals surface area contributed by atoms with E-state index in [0.29, 0.717) is 6.42 Å². The summed E-state index contributed by atoms with van der Waals surface area (Å²) < 4.78 is 13.6. The summed E-state index contributed by atoms with van der Waals surface area (Å²) in [4.78, 5) is 23.1. The molecule has 5 nitrogen and oxygen atoms in total. The molecule has 0 aromatic heterocycles. The molecule has 0 aliphatic heterocycles. The van der Waals surface area contributed by atoms with Gasteiger partial charge in [-0.2, -0.15) is 0 Å². The van der Waals surface area contributed by atoms with E-state index >= 15 is 0 Å². The Labute approximate surface area is 110 Å². The van der Waals surface area contributed by atoms with E-state index in [1.54, 1.807) is 6.92 Å². The summed E-state index contributed by atoms with van der Waals surface area (Å²) >= 11 is 0. The molecule has 0 saturated heterocycles. The Bertz CT molecular complexity index is 505. The monoisotopic (exact) mass is 268 g/mol. The van der Waals surface area contributed by atoms with Crippen molar-refractivity contribution in [2.75, 3.05) is 5.73 Å². The van der Waals surface area contributed by atoms with E-state index in [-0.39, 0.29) is 17.7 Å². The number of carbonyl (C=O) groups is 2. The molecular formula is C13H17FN2O3. The Morgan fingerprint density at radius 1 is 1.47 bits per heavy atom. The highest BCUT2D eigenvalue weighted by atomic mass is 19.1. The van der Waals surface area contributed by atoms with Crippen LogP contribution in [0, 0.1) is 5.82 Å². The van der Waals surface area contributed by atoms with E-state index < -0.39 is 23.2 Å². The smallest absolute Gasteiger partial charge is 0.329 e. The number of carboxylic acid groups (broad SMARTS) is 1. The molecule has 0 aliphatic carbocycles. The highest BCUT2D eigenvalue weighted by Gasteiger charge is 2.34. The van der Waals surface area contributed by atoms with Crippen molar-refractivity contribution in [2.45, 2.75) is 32.2 Å². The van der Waals surface area contributed by atoms with Crippen LogP contribution < -0.4 is 11.1 Å². The molecule has 6 heteroatoms. The lowest BCUT2D eigenvalue weighted by atomic mass is 9.95. The number of aliphatic carboxylic acids is 1. The van der Waals surface area contributed by atoms with Gasteiger partial charge in [-0.25, -0.2) is 9.18 Å². The topological polar surface area (TPSA) is 92.4 Å². The number of benzene rings is 1. The second-order valence-corrected chi connectivity index (χ2v) is 4.58. The van der Waals surface area contributed by atoms with Crippen molar-refractivity contribution in [1.82, 2.24) is 5.32 Å². The van der Waals surface area contributed by atoms with Gasteiger partial charge in [0, 0.05) is 5.69 Å². The Kier molecular flexibility index (Phi) is 4.47. The Morgan fingerprint density at radius 2 is 2.11 bits per heavy atom. The van der Waals surface area contributed by atoms with Gasteiger partial charge in [0.25, 0.3) is 5.91 Å². The van der Waals surface area contributed by atoms with Gasteiger partial charge in [0.15, 0.2) is 0 Å². The summed E-state index contributed by atoms with van der Waals surface area (Å²) in [6.07, 6.45) is 0.831. The number of carbonyl (C=O) groups excluding carboxylic acids is 1. The van der Waals surface area contributed by atoms with Gasteiger partial charge in [-0.3, -0.25) is 4.79 Å². The molecule has 0 spiro atoms. The second-order valence-electron chi connectivity index (χ2n) is 4.58. The fourth-order valence-corrected chi connectivity index (χ4v) is 1.76. The average Bonchev–Trinajstić information content (AvgIpc) is 2.28. The average molecular weight is 268 g/mol. The number of rotatable bonds is 5. The highest BCUT2D eigenvalue weighted by Crippen LogP contribution is 2.16. The largest absolute Gasteiger partial charge is 0.480 e. The molecule has 1 unspecified atom stereocenters. The van der Waals surface area contributed by atoms with E-state index in [1.165, 1.54) is 19.1 Å². The number of halogens is 1. The van der Waals surface area contributed by atoms with Crippen molar-refractivity contribution in [3.05, 3.63) is 29.6 Å². The van der Waals surface area contributed by atoms with Crippen LogP contribution in [0.5, 0.6) is 0 Å². The number of amides is 1. The third-order valence-electron chi connectivity index (χ3n) is 2.85. The van der Waals surface area contributed by atoms with Gasteiger partial charge in [-0.15, -0.1) is 0 Å². The molecular weight excluding hydrogens is 251 g/mol. The van der Waals surface area contributed by atoms with Gasteiger partial charge in [-0.1, -0.05) is 13.3 Å². The first-order chi connectivity index (χ1) is 8.80. The van der Waals surface area contributed by atoms with Gasteiger partial charge < -0.3 is 16.2 Å². The fraction of sp³-hybridized carbons (Fsp3) is 0.385. The Balaban J connectivity index is 2.97. The molecule has 1 aromatic rings. The molecule has 4 N–H and O–H groups in total. The molecule has 0 fully saturated rings. The molecule has 1 rings (SSSR count). The first-order valence-electron chi connectivity index (χ1n) is 5.91. The fourth-order valence-electron chi connectivity index (χ4n) is 1.76. The molecule has 0 aliphatic rings. The summed E-state index contributed by atoms with van der Waals surface area (Å²) in [6, 6.07) is 3.64. The van der Waals surface area contributed by atoms with Crippen LogP contribution in [0.4, 0.5) is 10.1 Å². The third-order valence-corrected chi connectivity index (χ3v) is 2.85. The van der Waals surface area contributed by atoms with Crippen LogP contribution in [0.25, 0.3) is 0 Å². The predicted octanol–water partition coefficient (Wildman–Crippen LogP) is 1.78. The minimum atomic E-state index is -1.42. The molecule has 0 saturated carbocycles. The van der Waals surface area contributed by atoms with Crippen molar-refractivity contribution < 1.29 is 19.1 Å². The van der Waals surface area contributed by atoms with Crippen LogP contribution in [0.1, 0.15) is 37.0 Å². The van der Waals surface area contributed by atoms with Gasteiger partial charge in [0.05, 0.1) is 5.56 Å². The molecule has 0 radical (unpaired) electrons. The molecule has 1 aromatic carbocycles. The SMILES string of the molecule is CCCC(C)(NC(=O)c1ccc(N)cc1F)C(=O)O. The summed E-state index contributed by atoms with van der Waals surface area (Å²) in [5, 5.41) is 11.5. The minimum absolute atomic E-state index is 0.198. The van der Waals surface area contributed by atoms with E-state index in [4.69, 9.17) is 10.8 Å². The Morgan fingerprint density at radius 3 is 2.58 bits per heavy atom. The number of nitrogens with two attached hydrogens (primary N) is 1. The van der Waals surface area contributed by atoms with Gasteiger partial charge >= 0.3 is 5.97 Å². The van der Waals surface area contributed by atoms with E-state index in [2.05, 4.69) is 5.32 Å². The van der Waals surface area contributed by atoms with Crippen LogP contribution in [-0.4, -0.2) is 22.5 Å². The Hall–Kier alpha value is -2.11. The number of carboxylic acids is 1. The number of anilines is 1. The zero-order valence-electron chi connectivity index (χ0n) is 10.9. The van der Waals surface area contributed by atoms with E-state index in [1.807, 2.05) is 0 Å². The summed E-state index contributed by atoms with van der Waals surface area (Å²) in [5.41, 5.74) is 3.94. The molecule has 1 atom stereocenters. The second kappa shape index (κ2) is 5.69. The van der Waals surface area contributed by atoms with E-state index in [0.717, 1.165) is 6.07 Å².